The zero-order valence-corrected chi connectivity index (χ0v) is 14.0. The topological polar surface area (TPSA) is 58.2 Å². The summed E-state index contributed by atoms with van der Waals surface area (Å²) in [6.45, 7) is 1.42. The summed E-state index contributed by atoms with van der Waals surface area (Å²) < 4.78 is 0.860. The standard InChI is InChI=1S/C15H12ClIN2O2/c1-9(20)18-10-6-7-14(12(16)8-10)19-15(21)11-4-2-3-5-13(11)17/h2-8H,1H3,(H,18,20)(H,19,21). The van der Waals surface area contributed by atoms with Crippen molar-refractivity contribution >= 4 is 57.4 Å². The number of benzene rings is 2. The van der Waals surface area contributed by atoms with E-state index in [-0.39, 0.29) is 11.8 Å². The molecule has 2 rings (SSSR count). The Balaban J connectivity index is 2.18. The Morgan fingerprint density at radius 1 is 1.10 bits per heavy atom. The molecule has 2 amide bonds. The molecule has 0 radical (unpaired) electrons. The Morgan fingerprint density at radius 2 is 1.81 bits per heavy atom. The van der Waals surface area contributed by atoms with Gasteiger partial charge in [0.05, 0.1) is 16.3 Å². The fourth-order valence-electron chi connectivity index (χ4n) is 1.73. The van der Waals surface area contributed by atoms with Crippen LogP contribution in [0.3, 0.4) is 0 Å². The number of nitrogens with one attached hydrogen (secondary N) is 2. The molecule has 21 heavy (non-hydrogen) atoms. The maximum absolute atomic E-state index is 12.2. The summed E-state index contributed by atoms with van der Waals surface area (Å²) >= 11 is 8.22. The lowest BCUT2D eigenvalue weighted by Crippen LogP contribution is -2.14. The first-order chi connectivity index (χ1) is 9.97. The van der Waals surface area contributed by atoms with Crippen LogP contribution < -0.4 is 10.6 Å². The summed E-state index contributed by atoms with van der Waals surface area (Å²) in [7, 11) is 0. The van der Waals surface area contributed by atoms with Crippen molar-refractivity contribution in [2.24, 2.45) is 0 Å². The van der Waals surface area contributed by atoms with Crippen LogP contribution >= 0.6 is 34.2 Å². The molecule has 0 saturated carbocycles. The molecule has 0 spiro atoms. The molecule has 0 unspecified atom stereocenters. The van der Waals surface area contributed by atoms with Gasteiger partial charge in [0.1, 0.15) is 0 Å². The van der Waals surface area contributed by atoms with Crippen molar-refractivity contribution in [3.63, 3.8) is 0 Å². The van der Waals surface area contributed by atoms with E-state index in [1.807, 2.05) is 12.1 Å². The molecule has 0 saturated heterocycles. The van der Waals surface area contributed by atoms with Gasteiger partial charge in [-0.3, -0.25) is 9.59 Å². The quantitative estimate of drug-likeness (QED) is 0.741. The highest BCUT2D eigenvalue weighted by Gasteiger charge is 2.11. The van der Waals surface area contributed by atoms with E-state index < -0.39 is 0 Å². The molecule has 0 heterocycles. The zero-order chi connectivity index (χ0) is 15.4. The van der Waals surface area contributed by atoms with Crippen LogP contribution in [0.5, 0.6) is 0 Å². The third-order valence-electron chi connectivity index (χ3n) is 2.66. The van der Waals surface area contributed by atoms with Crippen LogP contribution in [0.4, 0.5) is 11.4 Å². The SMILES string of the molecule is CC(=O)Nc1ccc(NC(=O)c2ccccc2I)c(Cl)c1. The first kappa shape index (κ1) is 15.8. The number of amides is 2. The monoisotopic (exact) mass is 414 g/mol. The normalized spacial score (nSPS) is 10.0. The second-order valence-corrected chi connectivity index (χ2v) is 5.88. The second-order valence-electron chi connectivity index (χ2n) is 4.31. The Hall–Kier alpha value is -1.60. The minimum atomic E-state index is -0.228. The van der Waals surface area contributed by atoms with E-state index >= 15 is 0 Å². The molecule has 0 aromatic heterocycles. The molecule has 2 aromatic carbocycles. The molecule has 0 aliphatic rings. The molecule has 4 nitrogen and oxygen atoms in total. The second kappa shape index (κ2) is 6.91. The van der Waals surface area contributed by atoms with Crippen molar-refractivity contribution in [1.29, 1.82) is 0 Å². The van der Waals surface area contributed by atoms with Crippen molar-refractivity contribution in [3.8, 4) is 0 Å². The van der Waals surface area contributed by atoms with Crippen molar-refractivity contribution in [1.82, 2.24) is 0 Å². The predicted molar refractivity (Wildman–Crippen MR) is 92.9 cm³/mol. The van der Waals surface area contributed by atoms with E-state index in [2.05, 4.69) is 33.2 Å². The average Bonchev–Trinajstić information content (AvgIpc) is 2.41. The number of hydrogen-bond donors (Lipinski definition) is 2. The zero-order valence-electron chi connectivity index (χ0n) is 11.1. The van der Waals surface area contributed by atoms with Gasteiger partial charge in [0.25, 0.3) is 5.91 Å². The van der Waals surface area contributed by atoms with Gasteiger partial charge < -0.3 is 10.6 Å². The molecule has 108 valence electrons. The van der Waals surface area contributed by atoms with Crippen molar-refractivity contribution in [2.75, 3.05) is 10.6 Å². The molecule has 0 aliphatic heterocycles. The molecule has 2 N–H and O–H groups in total. The molecule has 0 atom stereocenters. The summed E-state index contributed by atoms with van der Waals surface area (Å²) in [5.41, 5.74) is 1.66. The maximum Gasteiger partial charge on any atom is 0.256 e. The highest BCUT2D eigenvalue weighted by Crippen LogP contribution is 2.26. The van der Waals surface area contributed by atoms with Crippen molar-refractivity contribution in [2.45, 2.75) is 6.92 Å². The molecule has 0 aliphatic carbocycles. The van der Waals surface area contributed by atoms with Crippen LogP contribution in [0.25, 0.3) is 0 Å². The van der Waals surface area contributed by atoms with Crippen LogP contribution in [-0.2, 0) is 4.79 Å². The molecule has 0 bridgehead atoms. The van der Waals surface area contributed by atoms with Gasteiger partial charge in [-0.05, 0) is 52.9 Å². The van der Waals surface area contributed by atoms with E-state index in [0.717, 1.165) is 3.57 Å². The summed E-state index contributed by atoms with van der Waals surface area (Å²) in [6.07, 6.45) is 0. The van der Waals surface area contributed by atoms with Gasteiger partial charge in [-0.2, -0.15) is 0 Å². The minimum absolute atomic E-state index is 0.179. The lowest BCUT2D eigenvalue weighted by molar-refractivity contribution is -0.114. The summed E-state index contributed by atoms with van der Waals surface area (Å²) in [5, 5.41) is 5.75. The molecular formula is C15H12ClIN2O2. The first-order valence-corrected chi connectivity index (χ1v) is 7.56. The summed E-state index contributed by atoms with van der Waals surface area (Å²) in [5.74, 6) is -0.407. The van der Waals surface area contributed by atoms with Gasteiger partial charge in [-0.15, -0.1) is 0 Å². The van der Waals surface area contributed by atoms with Crippen LogP contribution in [-0.4, -0.2) is 11.8 Å². The summed E-state index contributed by atoms with van der Waals surface area (Å²) in [4.78, 5) is 23.2. The largest absolute Gasteiger partial charge is 0.326 e. The van der Waals surface area contributed by atoms with Gasteiger partial charge in [-0.25, -0.2) is 0 Å². The van der Waals surface area contributed by atoms with E-state index in [9.17, 15) is 9.59 Å². The molecule has 0 fully saturated rings. The van der Waals surface area contributed by atoms with Gasteiger partial charge in [0.15, 0.2) is 0 Å². The van der Waals surface area contributed by atoms with E-state index in [4.69, 9.17) is 11.6 Å². The highest BCUT2D eigenvalue weighted by atomic mass is 127. The Bertz CT molecular complexity index is 704. The maximum atomic E-state index is 12.2. The highest BCUT2D eigenvalue weighted by molar-refractivity contribution is 14.1. The number of carbonyl (C=O) groups excluding carboxylic acids is 2. The van der Waals surface area contributed by atoms with Gasteiger partial charge >= 0.3 is 0 Å². The number of hydrogen-bond acceptors (Lipinski definition) is 2. The minimum Gasteiger partial charge on any atom is -0.326 e. The molecule has 2 aromatic rings. The number of halogens is 2. The number of rotatable bonds is 3. The fourth-order valence-corrected chi connectivity index (χ4v) is 2.59. The van der Waals surface area contributed by atoms with Crippen LogP contribution in [0, 0.1) is 3.57 Å². The van der Waals surface area contributed by atoms with Crippen molar-refractivity contribution < 1.29 is 9.59 Å². The summed E-state index contributed by atoms with van der Waals surface area (Å²) in [6, 6.07) is 12.2. The Morgan fingerprint density at radius 3 is 2.43 bits per heavy atom. The number of anilines is 2. The lowest BCUT2D eigenvalue weighted by atomic mass is 10.2. The van der Waals surface area contributed by atoms with E-state index in [1.54, 1.807) is 30.3 Å². The average molecular weight is 415 g/mol. The first-order valence-electron chi connectivity index (χ1n) is 6.10. The predicted octanol–water partition coefficient (Wildman–Crippen LogP) is 4.16. The van der Waals surface area contributed by atoms with E-state index in [0.29, 0.717) is 22.0 Å². The lowest BCUT2D eigenvalue weighted by Gasteiger charge is -2.10. The third kappa shape index (κ3) is 4.18. The smallest absolute Gasteiger partial charge is 0.256 e. The van der Waals surface area contributed by atoms with Crippen LogP contribution in [0.2, 0.25) is 5.02 Å². The van der Waals surface area contributed by atoms with Crippen molar-refractivity contribution in [3.05, 3.63) is 56.6 Å². The molecular weight excluding hydrogens is 403 g/mol. The van der Waals surface area contributed by atoms with Gasteiger partial charge in [0.2, 0.25) is 5.91 Å². The fraction of sp³-hybridized carbons (Fsp3) is 0.0667. The van der Waals surface area contributed by atoms with E-state index in [1.165, 1.54) is 6.92 Å². The van der Waals surface area contributed by atoms with Gasteiger partial charge in [-0.1, -0.05) is 23.7 Å². The van der Waals surface area contributed by atoms with Crippen LogP contribution in [0.15, 0.2) is 42.5 Å². The third-order valence-corrected chi connectivity index (χ3v) is 3.91. The molecule has 6 heteroatoms. The Kier molecular flexibility index (Phi) is 5.19. The Labute approximate surface area is 141 Å². The van der Waals surface area contributed by atoms with Gasteiger partial charge in [0, 0.05) is 16.2 Å². The van der Waals surface area contributed by atoms with Crippen LogP contribution in [0.1, 0.15) is 17.3 Å². The number of carbonyl (C=O) groups is 2.